The molecule has 1 heterocycles. The van der Waals surface area contributed by atoms with Crippen molar-refractivity contribution in [1.82, 2.24) is 14.8 Å². The first kappa shape index (κ1) is 17.6. The van der Waals surface area contributed by atoms with Crippen LogP contribution in [0, 0.1) is 0 Å². The van der Waals surface area contributed by atoms with Crippen LogP contribution in [0.3, 0.4) is 0 Å². The molecular formula is C19H18ClN3OS. The summed E-state index contributed by atoms with van der Waals surface area (Å²) in [5.41, 5.74) is 2.06. The molecule has 0 aliphatic heterocycles. The van der Waals surface area contributed by atoms with Crippen molar-refractivity contribution < 1.29 is 4.74 Å². The lowest BCUT2D eigenvalue weighted by Crippen LogP contribution is -2.00. The minimum absolute atomic E-state index is 0.638. The van der Waals surface area contributed by atoms with E-state index in [4.69, 9.17) is 16.3 Å². The first-order chi connectivity index (χ1) is 12.2. The van der Waals surface area contributed by atoms with Crippen molar-refractivity contribution in [2.24, 2.45) is 0 Å². The maximum Gasteiger partial charge on any atom is 0.192 e. The molecule has 0 spiro atoms. The summed E-state index contributed by atoms with van der Waals surface area (Å²) >= 11 is 7.85. The van der Waals surface area contributed by atoms with Gasteiger partial charge in [-0.1, -0.05) is 47.6 Å². The number of benzene rings is 2. The standard InChI is InChI=1S/C19H18ClN3OS/c1-3-12-23-18(14-8-10-16(24-2)11-9-14)21-22-19(23)25-13-15-6-4-5-7-17(15)20/h3-11H,1,12-13H2,2H3. The summed E-state index contributed by atoms with van der Waals surface area (Å²) < 4.78 is 7.26. The van der Waals surface area contributed by atoms with Gasteiger partial charge in [-0.25, -0.2) is 0 Å². The molecule has 1 aromatic heterocycles. The maximum absolute atomic E-state index is 6.24. The predicted molar refractivity (Wildman–Crippen MR) is 103 cm³/mol. The number of halogens is 1. The van der Waals surface area contributed by atoms with Crippen LogP contribution in [0.25, 0.3) is 11.4 Å². The van der Waals surface area contributed by atoms with Gasteiger partial charge < -0.3 is 4.74 Å². The summed E-state index contributed by atoms with van der Waals surface area (Å²) in [6.07, 6.45) is 1.84. The van der Waals surface area contributed by atoms with Gasteiger partial charge in [0, 0.05) is 22.9 Å². The normalized spacial score (nSPS) is 10.6. The number of nitrogens with zero attached hydrogens (tertiary/aromatic N) is 3. The molecular weight excluding hydrogens is 354 g/mol. The summed E-state index contributed by atoms with van der Waals surface area (Å²) in [5, 5.41) is 10.3. The number of hydrogen-bond acceptors (Lipinski definition) is 4. The van der Waals surface area contributed by atoms with Gasteiger partial charge in [-0.15, -0.1) is 16.8 Å². The van der Waals surface area contributed by atoms with Crippen LogP contribution < -0.4 is 4.74 Å². The summed E-state index contributed by atoms with van der Waals surface area (Å²) in [6.45, 7) is 4.48. The van der Waals surface area contributed by atoms with E-state index in [0.717, 1.165) is 38.6 Å². The van der Waals surface area contributed by atoms with Gasteiger partial charge in [0.15, 0.2) is 11.0 Å². The molecule has 0 fully saturated rings. The van der Waals surface area contributed by atoms with Crippen LogP contribution in [0.2, 0.25) is 5.02 Å². The van der Waals surface area contributed by atoms with Gasteiger partial charge in [-0.05, 0) is 35.9 Å². The molecule has 4 nitrogen and oxygen atoms in total. The Kier molecular flexibility index (Phi) is 5.79. The highest BCUT2D eigenvalue weighted by molar-refractivity contribution is 7.98. The number of rotatable bonds is 7. The summed E-state index contributed by atoms with van der Waals surface area (Å²) in [4.78, 5) is 0. The zero-order valence-electron chi connectivity index (χ0n) is 13.9. The van der Waals surface area contributed by atoms with E-state index in [1.807, 2.05) is 54.6 Å². The largest absolute Gasteiger partial charge is 0.497 e. The molecule has 3 rings (SSSR count). The van der Waals surface area contributed by atoms with Crippen LogP contribution in [-0.2, 0) is 12.3 Å². The first-order valence-corrected chi connectivity index (χ1v) is 9.14. The number of allylic oxidation sites excluding steroid dienone is 1. The van der Waals surface area contributed by atoms with E-state index in [-0.39, 0.29) is 0 Å². The third kappa shape index (κ3) is 4.06. The second-order valence-electron chi connectivity index (χ2n) is 5.31. The third-order valence-corrected chi connectivity index (χ3v) is 5.08. The summed E-state index contributed by atoms with van der Waals surface area (Å²) in [7, 11) is 1.65. The van der Waals surface area contributed by atoms with Crippen LogP contribution in [-0.4, -0.2) is 21.9 Å². The smallest absolute Gasteiger partial charge is 0.192 e. The fourth-order valence-corrected chi connectivity index (χ4v) is 3.63. The van der Waals surface area contributed by atoms with E-state index in [1.54, 1.807) is 18.9 Å². The molecule has 0 unspecified atom stereocenters. The van der Waals surface area contributed by atoms with E-state index in [0.29, 0.717) is 6.54 Å². The van der Waals surface area contributed by atoms with Crippen LogP contribution in [0.15, 0.2) is 66.3 Å². The summed E-state index contributed by atoms with van der Waals surface area (Å²) in [5.74, 6) is 2.36. The number of thioether (sulfide) groups is 1. The molecule has 6 heteroatoms. The van der Waals surface area contributed by atoms with Gasteiger partial charge in [-0.2, -0.15) is 0 Å². The third-order valence-electron chi connectivity index (χ3n) is 3.69. The van der Waals surface area contributed by atoms with Crippen molar-refractivity contribution in [3.63, 3.8) is 0 Å². The lowest BCUT2D eigenvalue weighted by Gasteiger charge is -2.09. The Balaban J connectivity index is 1.86. The Morgan fingerprint density at radius 2 is 1.92 bits per heavy atom. The molecule has 0 saturated carbocycles. The van der Waals surface area contributed by atoms with Gasteiger partial charge in [0.2, 0.25) is 0 Å². The summed E-state index contributed by atoms with van der Waals surface area (Å²) in [6, 6.07) is 15.6. The van der Waals surface area contributed by atoms with Gasteiger partial charge in [-0.3, -0.25) is 4.57 Å². The Morgan fingerprint density at radius 3 is 2.60 bits per heavy atom. The van der Waals surface area contributed by atoms with Crippen molar-refractivity contribution in [1.29, 1.82) is 0 Å². The fraction of sp³-hybridized carbons (Fsp3) is 0.158. The zero-order chi connectivity index (χ0) is 17.6. The highest BCUT2D eigenvalue weighted by Gasteiger charge is 2.14. The fourth-order valence-electron chi connectivity index (χ4n) is 2.40. The minimum Gasteiger partial charge on any atom is -0.497 e. The highest BCUT2D eigenvalue weighted by Crippen LogP contribution is 2.29. The van der Waals surface area contributed by atoms with Crippen LogP contribution in [0.5, 0.6) is 5.75 Å². The van der Waals surface area contributed by atoms with Gasteiger partial charge in [0.25, 0.3) is 0 Å². The zero-order valence-corrected chi connectivity index (χ0v) is 15.4. The van der Waals surface area contributed by atoms with Crippen molar-refractivity contribution in [3.05, 3.63) is 71.8 Å². The highest BCUT2D eigenvalue weighted by atomic mass is 35.5. The quantitative estimate of drug-likeness (QED) is 0.428. The average Bonchev–Trinajstić information content (AvgIpc) is 3.04. The molecule has 3 aromatic rings. The lowest BCUT2D eigenvalue weighted by atomic mass is 10.2. The number of ether oxygens (including phenoxy) is 1. The molecule has 128 valence electrons. The Hall–Kier alpha value is -2.24. The van der Waals surface area contributed by atoms with E-state index in [2.05, 4.69) is 21.3 Å². The second-order valence-corrected chi connectivity index (χ2v) is 6.66. The SMILES string of the molecule is C=CCn1c(SCc2ccccc2Cl)nnc1-c1ccc(OC)cc1. The van der Waals surface area contributed by atoms with Gasteiger partial charge >= 0.3 is 0 Å². The number of aromatic nitrogens is 3. The topological polar surface area (TPSA) is 39.9 Å². The van der Waals surface area contributed by atoms with Crippen molar-refractivity contribution in [2.45, 2.75) is 17.5 Å². The average molecular weight is 372 g/mol. The molecule has 25 heavy (non-hydrogen) atoms. The van der Waals surface area contributed by atoms with Crippen LogP contribution in [0.4, 0.5) is 0 Å². The minimum atomic E-state index is 0.638. The van der Waals surface area contributed by atoms with E-state index in [1.165, 1.54) is 0 Å². The van der Waals surface area contributed by atoms with Crippen LogP contribution >= 0.6 is 23.4 Å². The molecule has 0 atom stereocenters. The monoisotopic (exact) mass is 371 g/mol. The lowest BCUT2D eigenvalue weighted by molar-refractivity contribution is 0.415. The Bertz CT molecular complexity index is 861. The first-order valence-electron chi connectivity index (χ1n) is 7.77. The molecule has 0 N–H and O–H groups in total. The van der Waals surface area contributed by atoms with E-state index < -0.39 is 0 Å². The molecule has 2 aromatic carbocycles. The second kappa shape index (κ2) is 8.23. The Morgan fingerprint density at radius 1 is 1.16 bits per heavy atom. The number of methoxy groups -OCH3 is 1. The molecule has 0 radical (unpaired) electrons. The van der Waals surface area contributed by atoms with Crippen molar-refractivity contribution >= 4 is 23.4 Å². The maximum atomic E-state index is 6.24. The molecule has 0 aliphatic rings. The molecule has 0 aliphatic carbocycles. The molecule has 0 saturated heterocycles. The Labute approximate surface area is 156 Å². The molecule has 0 amide bonds. The predicted octanol–water partition coefficient (Wildman–Crippen LogP) is 5.09. The van der Waals surface area contributed by atoms with E-state index in [9.17, 15) is 0 Å². The molecule has 0 bridgehead atoms. The van der Waals surface area contributed by atoms with Gasteiger partial charge in [0.1, 0.15) is 5.75 Å². The van der Waals surface area contributed by atoms with Gasteiger partial charge in [0.05, 0.1) is 7.11 Å². The van der Waals surface area contributed by atoms with Crippen molar-refractivity contribution in [2.75, 3.05) is 7.11 Å². The number of hydrogen-bond donors (Lipinski definition) is 0. The van der Waals surface area contributed by atoms with E-state index >= 15 is 0 Å². The van der Waals surface area contributed by atoms with Crippen LogP contribution in [0.1, 0.15) is 5.56 Å². The van der Waals surface area contributed by atoms with Crippen molar-refractivity contribution in [3.8, 4) is 17.1 Å².